The van der Waals surface area contributed by atoms with E-state index in [1.165, 1.54) is 0 Å². The summed E-state index contributed by atoms with van der Waals surface area (Å²) in [5, 5.41) is 1.85. The topological polar surface area (TPSA) is 47.7 Å². The zero-order valence-electron chi connectivity index (χ0n) is 8.16. The van der Waals surface area contributed by atoms with Crippen LogP contribution in [0.15, 0.2) is 0 Å². The lowest BCUT2D eigenvalue weighted by molar-refractivity contribution is -0.119. The summed E-state index contributed by atoms with van der Waals surface area (Å²) in [6.07, 6.45) is 3.42. The maximum Gasteiger partial charge on any atom is 0.0860 e. The highest BCUT2D eigenvalue weighted by atomic mass is 16.5. The number of hydrazine groups is 1. The van der Waals surface area contributed by atoms with Crippen LogP contribution in [0, 0.1) is 0 Å². The lowest BCUT2D eigenvalue weighted by atomic mass is 9.91. The number of methoxy groups -OCH3 is 1. The Hall–Kier alpha value is -0.160. The van der Waals surface area contributed by atoms with Crippen molar-refractivity contribution in [2.75, 3.05) is 26.8 Å². The van der Waals surface area contributed by atoms with Crippen molar-refractivity contribution in [3.05, 3.63) is 0 Å². The first-order valence-corrected chi connectivity index (χ1v) is 4.90. The van der Waals surface area contributed by atoms with E-state index in [0.29, 0.717) is 6.10 Å². The molecular formula is C9H18N2O2. The fourth-order valence-corrected chi connectivity index (χ4v) is 2.34. The molecule has 76 valence electrons. The van der Waals surface area contributed by atoms with Crippen LogP contribution in [0.1, 0.15) is 19.3 Å². The normalized spacial score (nSPS) is 41.5. The Morgan fingerprint density at radius 2 is 2.46 bits per heavy atom. The molecule has 2 heterocycles. The van der Waals surface area contributed by atoms with E-state index in [1.54, 1.807) is 7.11 Å². The quantitative estimate of drug-likeness (QED) is 0.591. The van der Waals surface area contributed by atoms with Crippen LogP contribution in [0.4, 0.5) is 0 Å². The molecule has 0 amide bonds. The SMILES string of the molecule is CO[C@@H]1CCO[C@@]2(CCN(N)C2)C1. The monoisotopic (exact) mass is 186 g/mol. The number of nitrogens with zero attached hydrogens (tertiary/aromatic N) is 1. The van der Waals surface area contributed by atoms with E-state index in [2.05, 4.69) is 0 Å². The molecule has 4 heteroatoms. The van der Waals surface area contributed by atoms with Crippen LogP contribution in [0.3, 0.4) is 0 Å². The van der Waals surface area contributed by atoms with Gasteiger partial charge in [-0.05, 0) is 12.8 Å². The van der Waals surface area contributed by atoms with Gasteiger partial charge in [-0.3, -0.25) is 5.84 Å². The molecule has 0 aromatic heterocycles. The molecule has 2 atom stereocenters. The zero-order chi connectivity index (χ0) is 9.31. The van der Waals surface area contributed by atoms with E-state index >= 15 is 0 Å². The van der Waals surface area contributed by atoms with Crippen molar-refractivity contribution in [1.29, 1.82) is 0 Å². The van der Waals surface area contributed by atoms with Gasteiger partial charge in [0.2, 0.25) is 0 Å². The molecule has 2 rings (SSSR count). The van der Waals surface area contributed by atoms with E-state index in [-0.39, 0.29) is 5.60 Å². The average molecular weight is 186 g/mol. The maximum atomic E-state index is 5.83. The summed E-state index contributed by atoms with van der Waals surface area (Å²) in [6, 6.07) is 0. The highest BCUT2D eigenvalue weighted by molar-refractivity contribution is 4.94. The smallest absolute Gasteiger partial charge is 0.0860 e. The summed E-state index contributed by atoms with van der Waals surface area (Å²) in [4.78, 5) is 0. The van der Waals surface area contributed by atoms with Crippen LogP contribution in [0.25, 0.3) is 0 Å². The van der Waals surface area contributed by atoms with Gasteiger partial charge in [0.1, 0.15) is 0 Å². The molecule has 0 aromatic carbocycles. The Morgan fingerprint density at radius 3 is 3.08 bits per heavy atom. The van der Waals surface area contributed by atoms with Gasteiger partial charge < -0.3 is 9.47 Å². The third-order valence-electron chi connectivity index (χ3n) is 3.13. The first-order valence-electron chi connectivity index (χ1n) is 4.90. The Labute approximate surface area is 78.9 Å². The van der Waals surface area contributed by atoms with Crippen molar-refractivity contribution in [3.63, 3.8) is 0 Å². The first-order chi connectivity index (χ1) is 6.24. The Balaban J connectivity index is 1.98. The summed E-state index contributed by atoms with van der Waals surface area (Å²) in [5.41, 5.74) is -0.00627. The highest BCUT2D eigenvalue weighted by Crippen LogP contribution is 2.33. The minimum Gasteiger partial charge on any atom is -0.381 e. The summed E-state index contributed by atoms with van der Waals surface area (Å²) >= 11 is 0. The molecule has 13 heavy (non-hydrogen) atoms. The van der Waals surface area contributed by atoms with Crippen LogP contribution < -0.4 is 5.84 Å². The first kappa shape index (κ1) is 9.40. The van der Waals surface area contributed by atoms with Crippen LogP contribution in [-0.4, -0.2) is 43.5 Å². The number of rotatable bonds is 1. The second kappa shape index (κ2) is 3.53. The number of nitrogens with two attached hydrogens (primary N) is 1. The zero-order valence-corrected chi connectivity index (χ0v) is 8.16. The van der Waals surface area contributed by atoms with Gasteiger partial charge in [0, 0.05) is 33.2 Å². The predicted octanol–water partition coefficient (Wildman–Crippen LogP) is 0.130. The van der Waals surface area contributed by atoms with Crippen molar-refractivity contribution in [3.8, 4) is 0 Å². The standard InChI is InChI=1S/C9H18N2O2/c1-12-8-2-5-13-9(6-8)3-4-11(10)7-9/h8H,2-7,10H2,1H3/t8-,9+/m1/s1. The van der Waals surface area contributed by atoms with Crippen LogP contribution in [-0.2, 0) is 9.47 Å². The molecule has 2 fully saturated rings. The van der Waals surface area contributed by atoms with Crippen LogP contribution in [0.2, 0.25) is 0 Å². The molecule has 0 unspecified atom stereocenters. The molecule has 4 nitrogen and oxygen atoms in total. The van der Waals surface area contributed by atoms with Gasteiger partial charge in [-0.2, -0.15) is 0 Å². The molecule has 2 N–H and O–H groups in total. The van der Waals surface area contributed by atoms with Gasteiger partial charge in [0.05, 0.1) is 11.7 Å². The molecule has 0 aromatic rings. The lowest BCUT2D eigenvalue weighted by Crippen LogP contribution is -2.45. The second-order valence-electron chi connectivity index (χ2n) is 4.10. The molecular weight excluding hydrogens is 168 g/mol. The molecule has 0 aliphatic carbocycles. The lowest BCUT2D eigenvalue weighted by Gasteiger charge is -2.37. The van der Waals surface area contributed by atoms with E-state index in [1.807, 2.05) is 5.01 Å². The average Bonchev–Trinajstić information content (AvgIpc) is 2.47. The third-order valence-corrected chi connectivity index (χ3v) is 3.13. The number of hydrogen-bond donors (Lipinski definition) is 1. The minimum atomic E-state index is -0.00627. The Morgan fingerprint density at radius 1 is 1.62 bits per heavy atom. The van der Waals surface area contributed by atoms with E-state index in [9.17, 15) is 0 Å². The molecule has 2 saturated heterocycles. The fourth-order valence-electron chi connectivity index (χ4n) is 2.34. The summed E-state index contributed by atoms with van der Waals surface area (Å²) in [6.45, 7) is 2.61. The fraction of sp³-hybridized carbons (Fsp3) is 1.00. The Bertz CT molecular complexity index is 184. The van der Waals surface area contributed by atoms with Gasteiger partial charge in [0.15, 0.2) is 0 Å². The molecule has 1 spiro atoms. The van der Waals surface area contributed by atoms with Gasteiger partial charge >= 0.3 is 0 Å². The third kappa shape index (κ3) is 1.86. The summed E-state index contributed by atoms with van der Waals surface area (Å²) in [5.74, 6) is 5.74. The molecule has 0 radical (unpaired) electrons. The van der Waals surface area contributed by atoms with Crippen molar-refractivity contribution >= 4 is 0 Å². The van der Waals surface area contributed by atoms with E-state index in [4.69, 9.17) is 15.3 Å². The number of ether oxygens (including phenoxy) is 2. The predicted molar refractivity (Wildman–Crippen MR) is 49.1 cm³/mol. The number of hydrogen-bond acceptors (Lipinski definition) is 4. The minimum absolute atomic E-state index is 0.00627. The largest absolute Gasteiger partial charge is 0.381 e. The summed E-state index contributed by atoms with van der Waals surface area (Å²) in [7, 11) is 1.78. The van der Waals surface area contributed by atoms with E-state index in [0.717, 1.165) is 39.0 Å². The highest BCUT2D eigenvalue weighted by Gasteiger charge is 2.42. The van der Waals surface area contributed by atoms with Crippen molar-refractivity contribution < 1.29 is 9.47 Å². The van der Waals surface area contributed by atoms with Crippen molar-refractivity contribution in [1.82, 2.24) is 5.01 Å². The molecule has 2 aliphatic rings. The Kier molecular flexibility index (Phi) is 2.55. The van der Waals surface area contributed by atoms with Crippen LogP contribution in [0.5, 0.6) is 0 Å². The van der Waals surface area contributed by atoms with Crippen molar-refractivity contribution in [2.24, 2.45) is 5.84 Å². The maximum absolute atomic E-state index is 5.83. The molecule has 0 saturated carbocycles. The van der Waals surface area contributed by atoms with E-state index < -0.39 is 0 Å². The van der Waals surface area contributed by atoms with Crippen molar-refractivity contribution in [2.45, 2.75) is 31.0 Å². The van der Waals surface area contributed by atoms with Gasteiger partial charge in [-0.1, -0.05) is 0 Å². The van der Waals surface area contributed by atoms with Gasteiger partial charge in [-0.15, -0.1) is 0 Å². The second-order valence-corrected chi connectivity index (χ2v) is 4.10. The molecule has 0 bridgehead atoms. The van der Waals surface area contributed by atoms with Crippen LogP contribution >= 0.6 is 0 Å². The summed E-state index contributed by atoms with van der Waals surface area (Å²) < 4.78 is 11.2. The van der Waals surface area contributed by atoms with Gasteiger partial charge in [-0.25, -0.2) is 5.01 Å². The molecule has 2 aliphatic heterocycles. The van der Waals surface area contributed by atoms with Gasteiger partial charge in [0.25, 0.3) is 0 Å².